The average Bonchev–Trinajstić information content (AvgIpc) is 2.48. The second-order valence-corrected chi connectivity index (χ2v) is 5.58. The number of hydrogen-bond acceptors (Lipinski definition) is 3. The molecule has 2 aromatic carbocycles. The van der Waals surface area contributed by atoms with Gasteiger partial charge in [-0.25, -0.2) is 0 Å². The highest BCUT2D eigenvalue weighted by Gasteiger charge is 2.13. The van der Waals surface area contributed by atoms with E-state index in [1.54, 1.807) is 7.11 Å². The summed E-state index contributed by atoms with van der Waals surface area (Å²) in [4.78, 5) is 0. The first-order valence-electron chi connectivity index (χ1n) is 7.22. The number of methoxy groups -OCH3 is 1. The number of aryl methyl sites for hydroxylation is 3. The summed E-state index contributed by atoms with van der Waals surface area (Å²) in [6.07, 6.45) is 0.871. The quantitative estimate of drug-likeness (QED) is 0.653. The summed E-state index contributed by atoms with van der Waals surface area (Å²) >= 11 is 0. The van der Waals surface area contributed by atoms with E-state index in [1.165, 1.54) is 22.3 Å². The number of hydrogen-bond donors (Lipinski definition) is 2. The molecule has 1 atom stereocenters. The van der Waals surface area contributed by atoms with E-state index in [1.807, 2.05) is 13.0 Å². The van der Waals surface area contributed by atoms with Gasteiger partial charge in [-0.15, -0.1) is 0 Å². The van der Waals surface area contributed by atoms with Crippen LogP contribution in [0.2, 0.25) is 0 Å². The van der Waals surface area contributed by atoms with E-state index in [0.717, 1.165) is 17.7 Å². The predicted molar refractivity (Wildman–Crippen MR) is 87.4 cm³/mol. The molecule has 21 heavy (non-hydrogen) atoms. The summed E-state index contributed by atoms with van der Waals surface area (Å²) in [6, 6.07) is 12.8. The van der Waals surface area contributed by atoms with Gasteiger partial charge in [0, 0.05) is 0 Å². The lowest BCUT2D eigenvalue weighted by molar-refractivity contribution is 0.411. The van der Waals surface area contributed by atoms with E-state index in [4.69, 9.17) is 10.6 Å². The van der Waals surface area contributed by atoms with Crippen molar-refractivity contribution in [1.82, 2.24) is 5.43 Å². The van der Waals surface area contributed by atoms with Crippen LogP contribution in [0.5, 0.6) is 5.75 Å². The molecule has 112 valence electrons. The second-order valence-electron chi connectivity index (χ2n) is 5.58. The SMILES string of the molecule is COc1ccc(C(Cc2cc(C)ccc2C)NN)cc1C. The molecule has 0 fully saturated rings. The van der Waals surface area contributed by atoms with Crippen molar-refractivity contribution in [3.05, 3.63) is 64.2 Å². The number of ether oxygens (including phenoxy) is 1. The zero-order valence-corrected chi connectivity index (χ0v) is 13.2. The maximum atomic E-state index is 5.78. The number of hydrazine groups is 1. The van der Waals surface area contributed by atoms with E-state index < -0.39 is 0 Å². The van der Waals surface area contributed by atoms with Crippen molar-refractivity contribution in [3.8, 4) is 5.75 Å². The van der Waals surface area contributed by atoms with E-state index >= 15 is 0 Å². The Labute approximate surface area is 127 Å². The number of benzene rings is 2. The molecule has 3 heteroatoms. The molecule has 0 bridgehead atoms. The normalized spacial score (nSPS) is 12.2. The minimum absolute atomic E-state index is 0.0927. The van der Waals surface area contributed by atoms with Crippen molar-refractivity contribution in [2.75, 3.05) is 7.11 Å². The summed E-state index contributed by atoms with van der Waals surface area (Å²) in [5.41, 5.74) is 9.13. The number of nitrogens with one attached hydrogen (secondary N) is 1. The summed E-state index contributed by atoms with van der Waals surface area (Å²) < 4.78 is 5.31. The fraction of sp³-hybridized carbons (Fsp3) is 0.333. The van der Waals surface area contributed by atoms with Gasteiger partial charge in [-0.3, -0.25) is 11.3 Å². The van der Waals surface area contributed by atoms with Crippen LogP contribution in [0.25, 0.3) is 0 Å². The molecule has 0 amide bonds. The molecule has 0 aliphatic heterocycles. The smallest absolute Gasteiger partial charge is 0.121 e. The first-order chi connectivity index (χ1) is 10.0. The lowest BCUT2D eigenvalue weighted by Gasteiger charge is -2.19. The van der Waals surface area contributed by atoms with Crippen LogP contribution in [0.15, 0.2) is 36.4 Å². The topological polar surface area (TPSA) is 47.3 Å². The molecule has 0 heterocycles. The summed E-state index contributed by atoms with van der Waals surface area (Å²) in [5.74, 6) is 6.68. The van der Waals surface area contributed by atoms with Gasteiger partial charge in [-0.1, -0.05) is 35.9 Å². The highest BCUT2D eigenvalue weighted by Crippen LogP contribution is 2.25. The van der Waals surface area contributed by atoms with Gasteiger partial charge in [-0.05, 0) is 55.5 Å². The Morgan fingerprint density at radius 2 is 1.81 bits per heavy atom. The highest BCUT2D eigenvalue weighted by atomic mass is 16.5. The monoisotopic (exact) mass is 284 g/mol. The van der Waals surface area contributed by atoms with Crippen LogP contribution in [-0.4, -0.2) is 7.11 Å². The minimum atomic E-state index is 0.0927. The molecular formula is C18H24N2O. The molecule has 2 aromatic rings. The Kier molecular flexibility index (Phi) is 4.99. The Bertz CT molecular complexity index is 623. The Morgan fingerprint density at radius 3 is 2.43 bits per heavy atom. The third kappa shape index (κ3) is 3.63. The van der Waals surface area contributed by atoms with Crippen LogP contribution < -0.4 is 16.0 Å². The van der Waals surface area contributed by atoms with Crippen molar-refractivity contribution in [1.29, 1.82) is 0 Å². The average molecular weight is 284 g/mol. The van der Waals surface area contributed by atoms with Gasteiger partial charge in [0.05, 0.1) is 13.2 Å². The molecule has 0 spiro atoms. The maximum absolute atomic E-state index is 5.78. The van der Waals surface area contributed by atoms with Crippen molar-refractivity contribution >= 4 is 0 Å². The Hall–Kier alpha value is -1.84. The largest absolute Gasteiger partial charge is 0.496 e. The Balaban J connectivity index is 2.27. The fourth-order valence-corrected chi connectivity index (χ4v) is 2.63. The van der Waals surface area contributed by atoms with Crippen molar-refractivity contribution in [2.45, 2.75) is 33.2 Å². The van der Waals surface area contributed by atoms with E-state index in [2.05, 4.69) is 49.6 Å². The van der Waals surface area contributed by atoms with Gasteiger partial charge in [-0.2, -0.15) is 0 Å². The number of nitrogens with two attached hydrogens (primary N) is 1. The molecule has 0 aliphatic carbocycles. The molecule has 0 aliphatic rings. The van der Waals surface area contributed by atoms with Crippen LogP contribution >= 0.6 is 0 Å². The van der Waals surface area contributed by atoms with Gasteiger partial charge < -0.3 is 4.74 Å². The zero-order chi connectivity index (χ0) is 15.4. The predicted octanol–water partition coefficient (Wildman–Crippen LogP) is 3.37. The highest BCUT2D eigenvalue weighted by molar-refractivity contribution is 5.39. The fourth-order valence-electron chi connectivity index (χ4n) is 2.63. The van der Waals surface area contributed by atoms with E-state index in [0.29, 0.717) is 0 Å². The number of rotatable bonds is 5. The van der Waals surface area contributed by atoms with Gasteiger partial charge in [0.2, 0.25) is 0 Å². The lowest BCUT2D eigenvalue weighted by Crippen LogP contribution is -2.29. The molecule has 3 N–H and O–H groups in total. The first kappa shape index (κ1) is 15.5. The lowest BCUT2D eigenvalue weighted by atomic mass is 9.94. The van der Waals surface area contributed by atoms with Crippen molar-refractivity contribution in [2.24, 2.45) is 5.84 Å². The van der Waals surface area contributed by atoms with Crippen LogP contribution in [0.4, 0.5) is 0 Å². The summed E-state index contributed by atoms with van der Waals surface area (Å²) in [7, 11) is 1.69. The van der Waals surface area contributed by atoms with Gasteiger partial charge in [0.1, 0.15) is 5.75 Å². The van der Waals surface area contributed by atoms with Crippen molar-refractivity contribution in [3.63, 3.8) is 0 Å². The molecule has 3 nitrogen and oxygen atoms in total. The maximum Gasteiger partial charge on any atom is 0.121 e. The molecule has 0 saturated heterocycles. The van der Waals surface area contributed by atoms with Crippen LogP contribution in [0, 0.1) is 20.8 Å². The summed E-state index contributed by atoms with van der Waals surface area (Å²) in [5, 5.41) is 0. The third-order valence-corrected chi connectivity index (χ3v) is 3.95. The first-order valence-corrected chi connectivity index (χ1v) is 7.22. The van der Waals surface area contributed by atoms with E-state index in [9.17, 15) is 0 Å². The van der Waals surface area contributed by atoms with Crippen LogP contribution in [-0.2, 0) is 6.42 Å². The van der Waals surface area contributed by atoms with Crippen LogP contribution in [0.1, 0.15) is 33.9 Å². The third-order valence-electron chi connectivity index (χ3n) is 3.95. The van der Waals surface area contributed by atoms with Crippen LogP contribution in [0.3, 0.4) is 0 Å². The standard InChI is InChI=1S/C18H24N2O/c1-12-5-6-13(2)16(9-12)11-17(20-19)15-7-8-18(21-4)14(3)10-15/h5-10,17,20H,11,19H2,1-4H3. The molecule has 2 rings (SSSR count). The Morgan fingerprint density at radius 1 is 1.05 bits per heavy atom. The summed E-state index contributed by atoms with van der Waals surface area (Å²) in [6.45, 7) is 6.31. The second kappa shape index (κ2) is 6.74. The van der Waals surface area contributed by atoms with Gasteiger partial charge in [0.25, 0.3) is 0 Å². The molecule has 1 unspecified atom stereocenters. The molecular weight excluding hydrogens is 260 g/mol. The van der Waals surface area contributed by atoms with E-state index in [-0.39, 0.29) is 6.04 Å². The van der Waals surface area contributed by atoms with Gasteiger partial charge in [0.15, 0.2) is 0 Å². The molecule has 0 aromatic heterocycles. The molecule has 0 saturated carbocycles. The molecule has 0 radical (unpaired) electrons. The minimum Gasteiger partial charge on any atom is -0.496 e. The van der Waals surface area contributed by atoms with Gasteiger partial charge >= 0.3 is 0 Å². The zero-order valence-electron chi connectivity index (χ0n) is 13.2. The van der Waals surface area contributed by atoms with Crippen molar-refractivity contribution < 1.29 is 4.74 Å².